The molecule has 14 heteroatoms. The molecule has 3 heterocycles. The average Bonchev–Trinajstić information content (AvgIpc) is 3.29. The minimum atomic E-state index is -2.60. The van der Waals surface area contributed by atoms with Crippen molar-refractivity contribution in [1.82, 2.24) is 4.90 Å². The van der Waals surface area contributed by atoms with Crippen molar-refractivity contribution < 1.29 is 62.2 Å². The van der Waals surface area contributed by atoms with E-state index >= 15 is 4.39 Å². The number of fused-ring (bicyclic) bond motifs is 3. The Labute approximate surface area is 381 Å². The van der Waals surface area contributed by atoms with Gasteiger partial charge >= 0.3 is 5.97 Å². The zero-order valence-electron chi connectivity index (χ0n) is 40.3. The molecule has 0 aromatic carbocycles. The molecule has 2 saturated heterocycles. The van der Waals surface area contributed by atoms with Crippen LogP contribution in [-0.4, -0.2) is 134 Å². The lowest BCUT2D eigenvalue weighted by Gasteiger charge is -2.47. The number of ether oxygens (including phenoxy) is 6. The highest BCUT2D eigenvalue weighted by Gasteiger charge is 2.57. The molecule has 2 bridgehead atoms. The van der Waals surface area contributed by atoms with Crippen LogP contribution >= 0.6 is 0 Å². The molecule has 3 fully saturated rings. The van der Waals surface area contributed by atoms with Gasteiger partial charge in [0.25, 0.3) is 11.7 Å². The van der Waals surface area contributed by atoms with Crippen LogP contribution in [0, 0.1) is 29.6 Å². The van der Waals surface area contributed by atoms with Crippen molar-refractivity contribution in [3.8, 4) is 0 Å². The van der Waals surface area contributed by atoms with Gasteiger partial charge in [-0.15, -0.1) is 0 Å². The van der Waals surface area contributed by atoms with Gasteiger partial charge in [-0.05, 0) is 108 Å². The largest absolute Gasteiger partial charge is 0.456 e. The summed E-state index contributed by atoms with van der Waals surface area (Å²) in [5.74, 6) is -9.00. The molecule has 13 nitrogen and oxygen atoms in total. The smallest absolute Gasteiger partial charge is 0.329 e. The number of aliphatic hydroxyl groups excluding tert-OH is 1. The Balaban J connectivity index is 1.73. The minimum absolute atomic E-state index is 0.0110. The van der Waals surface area contributed by atoms with Gasteiger partial charge in [0.15, 0.2) is 0 Å². The van der Waals surface area contributed by atoms with E-state index in [1.54, 1.807) is 40.9 Å². The minimum Gasteiger partial charge on any atom is -0.456 e. The Bertz CT molecular complexity index is 1710. The summed E-state index contributed by atoms with van der Waals surface area (Å²) in [6.07, 6.45) is 6.71. The Kier molecular flexibility index (Phi) is 20.6. The van der Waals surface area contributed by atoms with E-state index in [0.717, 1.165) is 23.3 Å². The summed E-state index contributed by atoms with van der Waals surface area (Å²) in [4.78, 5) is 58.2. The van der Waals surface area contributed by atoms with Crippen molar-refractivity contribution in [1.29, 1.82) is 0 Å². The molecule has 0 aromatic heterocycles. The number of aliphatic hydroxyl groups is 2. The first-order valence-corrected chi connectivity index (χ1v) is 23.5. The number of amides is 1. The number of hydrogen-bond donors (Lipinski definition) is 2. The summed E-state index contributed by atoms with van der Waals surface area (Å²) in [6.45, 7) is 14.8. The van der Waals surface area contributed by atoms with E-state index in [-0.39, 0.29) is 56.1 Å². The van der Waals surface area contributed by atoms with Crippen LogP contribution < -0.4 is 0 Å². The van der Waals surface area contributed by atoms with Gasteiger partial charge in [0.2, 0.25) is 5.79 Å². The fourth-order valence-electron chi connectivity index (χ4n) is 9.98. The fraction of sp³-hybridized carbons (Fsp3) is 0.760. The highest BCUT2D eigenvalue weighted by Crippen LogP contribution is 2.40. The third-order valence-corrected chi connectivity index (χ3v) is 14.3. The summed E-state index contributed by atoms with van der Waals surface area (Å²) in [5, 5.41) is 23.9. The number of halogens is 1. The molecule has 0 spiro atoms. The highest BCUT2D eigenvalue weighted by molar-refractivity contribution is 6.39. The molecular weight excluding hydrogens is 826 g/mol. The molecule has 15 atom stereocenters. The Morgan fingerprint density at radius 1 is 0.953 bits per heavy atom. The van der Waals surface area contributed by atoms with Crippen LogP contribution in [0.1, 0.15) is 120 Å². The van der Waals surface area contributed by atoms with Gasteiger partial charge < -0.3 is 43.5 Å². The molecular formula is C50H78FNO12. The van der Waals surface area contributed by atoms with Crippen molar-refractivity contribution in [2.45, 2.75) is 180 Å². The maximum atomic E-state index is 16.3. The lowest BCUT2D eigenvalue weighted by Crippen LogP contribution is -2.64. The molecule has 2 N–H and O–H groups in total. The number of ketones is 2. The molecule has 64 heavy (non-hydrogen) atoms. The maximum Gasteiger partial charge on any atom is 0.329 e. The lowest BCUT2D eigenvalue weighted by atomic mass is 9.81. The number of hydrogen-bond acceptors (Lipinski definition) is 12. The van der Waals surface area contributed by atoms with Crippen LogP contribution in [0.15, 0.2) is 47.1 Å². The summed E-state index contributed by atoms with van der Waals surface area (Å²) in [6, 6.07) is -1.17. The van der Waals surface area contributed by atoms with E-state index in [2.05, 4.69) is 0 Å². The fourth-order valence-corrected chi connectivity index (χ4v) is 9.98. The normalized spacial score (nSPS) is 39.5. The summed E-state index contributed by atoms with van der Waals surface area (Å²) in [5.41, 5.74) is 2.13. The lowest BCUT2D eigenvalue weighted by molar-refractivity contribution is -0.302. The monoisotopic (exact) mass is 904 g/mol. The van der Waals surface area contributed by atoms with E-state index in [1.165, 1.54) is 14.2 Å². The van der Waals surface area contributed by atoms with Crippen molar-refractivity contribution >= 4 is 23.4 Å². The van der Waals surface area contributed by atoms with Gasteiger partial charge in [-0.1, -0.05) is 63.6 Å². The molecule has 15 unspecified atom stereocenters. The number of Topliss-reactive ketones (excluding diaryl/α,β-unsaturated/α-hetero) is 2. The predicted octanol–water partition coefficient (Wildman–Crippen LogP) is 6.97. The molecule has 4 aliphatic rings. The first-order valence-electron chi connectivity index (χ1n) is 23.5. The van der Waals surface area contributed by atoms with E-state index in [0.29, 0.717) is 43.4 Å². The third kappa shape index (κ3) is 13.1. The second-order valence-corrected chi connectivity index (χ2v) is 18.9. The first-order chi connectivity index (χ1) is 30.3. The molecule has 4 rings (SSSR count). The van der Waals surface area contributed by atoms with Crippen molar-refractivity contribution in [2.24, 2.45) is 29.6 Å². The van der Waals surface area contributed by atoms with Crippen LogP contribution in [0.2, 0.25) is 0 Å². The number of piperidine rings is 1. The van der Waals surface area contributed by atoms with Crippen LogP contribution in [0.5, 0.6) is 0 Å². The zero-order chi connectivity index (χ0) is 47.5. The topological polar surface area (TPSA) is 167 Å². The quantitative estimate of drug-likeness (QED) is 0.100. The van der Waals surface area contributed by atoms with Gasteiger partial charge in [0.05, 0.1) is 37.1 Å². The molecule has 3 aliphatic heterocycles. The number of allylic oxidation sites excluding steroid dienone is 6. The van der Waals surface area contributed by atoms with Gasteiger partial charge in [0.1, 0.15) is 30.2 Å². The molecule has 1 aliphatic carbocycles. The van der Waals surface area contributed by atoms with E-state index in [9.17, 15) is 29.4 Å². The summed E-state index contributed by atoms with van der Waals surface area (Å²) < 4.78 is 52.5. The zero-order valence-corrected chi connectivity index (χ0v) is 40.3. The van der Waals surface area contributed by atoms with E-state index < -0.39 is 89.9 Å². The first kappa shape index (κ1) is 53.5. The van der Waals surface area contributed by atoms with Gasteiger partial charge in [-0.25, -0.2) is 9.18 Å². The molecule has 1 amide bonds. The Morgan fingerprint density at radius 2 is 1.62 bits per heavy atom. The Morgan fingerprint density at radius 3 is 2.27 bits per heavy atom. The van der Waals surface area contributed by atoms with Gasteiger partial charge in [-0.2, -0.15) is 0 Å². The van der Waals surface area contributed by atoms with Crippen molar-refractivity contribution in [3.05, 3.63) is 47.1 Å². The summed E-state index contributed by atoms with van der Waals surface area (Å²) in [7, 11) is 4.55. The van der Waals surface area contributed by atoms with E-state index in [1.807, 2.05) is 52.0 Å². The van der Waals surface area contributed by atoms with Crippen LogP contribution in [0.25, 0.3) is 0 Å². The maximum absolute atomic E-state index is 16.3. The number of methoxy groups -OCH3 is 3. The van der Waals surface area contributed by atoms with Crippen LogP contribution in [0.4, 0.5) is 4.39 Å². The second-order valence-electron chi connectivity index (χ2n) is 18.9. The highest BCUT2D eigenvalue weighted by atomic mass is 19.1. The number of cyclic esters (lactones) is 1. The molecule has 0 radical (unpaired) electrons. The molecule has 362 valence electrons. The number of nitrogens with zero attached hydrogens (tertiary/aromatic N) is 1. The van der Waals surface area contributed by atoms with Crippen LogP contribution in [0.3, 0.4) is 0 Å². The second kappa shape index (κ2) is 24.6. The SMILES string of the molecule is CC=C(C)C=CCOC1CCC(C=C(C)C2OC(=O)C3CCCCN3C(=O)C(=O)C3(O)OC(C(OC)CC(C)C(F)/C(C)=C/C(CC)C(=O)CC(O)C2C)C(OC)CC3C)CC1OC. The van der Waals surface area contributed by atoms with Gasteiger partial charge in [-0.3, -0.25) is 14.4 Å². The molecule has 1 saturated carbocycles. The number of carbonyl (C=O) groups excluding carboxylic acids is 4. The number of esters is 1. The number of alkyl halides is 1. The van der Waals surface area contributed by atoms with Crippen LogP contribution in [-0.2, 0) is 47.6 Å². The van der Waals surface area contributed by atoms with Crippen molar-refractivity contribution in [3.63, 3.8) is 0 Å². The number of rotatable bonds is 10. The van der Waals surface area contributed by atoms with Crippen molar-refractivity contribution in [2.75, 3.05) is 34.5 Å². The number of carbonyl (C=O) groups is 4. The molecule has 0 aromatic rings. The summed E-state index contributed by atoms with van der Waals surface area (Å²) >= 11 is 0. The average molecular weight is 904 g/mol. The van der Waals surface area contributed by atoms with E-state index in [4.69, 9.17) is 28.4 Å². The Hall–Kier alpha value is -3.11. The third-order valence-electron chi connectivity index (χ3n) is 14.3. The predicted molar refractivity (Wildman–Crippen MR) is 241 cm³/mol. The van der Waals surface area contributed by atoms with Gasteiger partial charge in [0, 0.05) is 52.0 Å². The standard InChI is InChI=1S/C50H78FNO12/c1-12-29(3)17-16-22-62-40-20-19-35(27-41(40)59-9)23-32(6)45-34(8)38(53)28-39(54)36(13-2)24-30(4)44(51)31(5)25-42(60-10)46-43(61-11)26-33(7)50(58,64-46)47(55)48(56)52-21-15-14-18-37(52)49(57)63-45/h12,16-17,23-24,31,33-38,40-46,53,58H,13-15,18-22,25-28H2,1-11H3/b17-16?,29-12?,30-24+,32-23?.